The highest BCUT2D eigenvalue weighted by Crippen LogP contribution is 2.12. The van der Waals surface area contributed by atoms with E-state index in [0.717, 1.165) is 0 Å². The zero-order valence-corrected chi connectivity index (χ0v) is 22.0. The molecular weight excluding hydrogens is 502 g/mol. The van der Waals surface area contributed by atoms with Crippen LogP contribution >= 0.6 is 11.8 Å². The molecule has 1 aromatic rings. The van der Waals surface area contributed by atoms with Crippen LogP contribution in [0.5, 0.6) is 5.75 Å². The monoisotopic (exact) mass is 539 g/mol. The summed E-state index contributed by atoms with van der Waals surface area (Å²) < 4.78 is 0. The molecule has 206 valence electrons. The molecule has 1 aromatic carbocycles. The first kappa shape index (κ1) is 31.7. The lowest BCUT2D eigenvalue weighted by Gasteiger charge is -2.28. The quantitative estimate of drug-likeness (QED) is 0.144. The fraction of sp³-hybridized carbons (Fsp3) is 0.542. The van der Waals surface area contributed by atoms with Gasteiger partial charge in [0, 0.05) is 0 Å². The Morgan fingerprint density at radius 3 is 2.08 bits per heavy atom. The van der Waals surface area contributed by atoms with Gasteiger partial charge in [0.15, 0.2) is 0 Å². The molecule has 5 atom stereocenters. The van der Waals surface area contributed by atoms with E-state index in [1.807, 2.05) is 6.26 Å². The number of carboxylic acid groups (broad SMARTS) is 1. The number of carbonyl (C=O) groups excluding carboxylic acids is 4. The van der Waals surface area contributed by atoms with Gasteiger partial charge in [-0.2, -0.15) is 11.8 Å². The van der Waals surface area contributed by atoms with Crippen molar-refractivity contribution >= 4 is 41.4 Å². The molecule has 0 bridgehead atoms. The Labute approximate surface area is 220 Å². The molecule has 0 saturated carbocycles. The first-order valence-electron chi connectivity index (χ1n) is 11.8. The summed E-state index contributed by atoms with van der Waals surface area (Å²) in [5, 5.41) is 26.2. The summed E-state index contributed by atoms with van der Waals surface area (Å²) in [6.45, 7) is 3.50. The SMILES string of the molecule is CCC(C)C(NC(=O)C(CC(N)=O)NC(=O)C(N)Cc1ccc(O)cc1)C(=O)NC(CCSC)C(=O)O. The summed E-state index contributed by atoms with van der Waals surface area (Å²) in [6, 6.07) is 1.34. The minimum atomic E-state index is -1.40. The molecule has 5 unspecified atom stereocenters. The highest BCUT2D eigenvalue weighted by Gasteiger charge is 2.33. The molecule has 9 N–H and O–H groups in total. The molecule has 0 saturated heterocycles. The molecule has 13 heteroatoms. The molecule has 0 aliphatic heterocycles. The molecule has 0 aromatic heterocycles. The average Bonchev–Trinajstić information content (AvgIpc) is 2.84. The molecule has 0 fully saturated rings. The first-order valence-corrected chi connectivity index (χ1v) is 13.2. The van der Waals surface area contributed by atoms with Crippen molar-refractivity contribution in [3.05, 3.63) is 29.8 Å². The number of phenols is 1. The third kappa shape index (κ3) is 11.1. The second kappa shape index (κ2) is 15.7. The van der Waals surface area contributed by atoms with Crippen LogP contribution in [-0.2, 0) is 30.4 Å². The number of primary amides is 1. The van der Waals surface area contributed by atoms with Gasteiger partial charge < -0.3 is 37.6 Å². The lowest BCUT2D eigenvalue weighted by atomic mass is 9.97. The van der Waals surface area contributed by atoms with Gasteiger partial charge in [-0.25, -0.2) is 4.79 Å². The maximum atomic E-state index is 13.1. The highest BCUT2D eigenvalue weighted by atomic mass is 32.2. The van der Waals surface area contributed by atoms with Gasteiger partial charge in [-0.3, -0.25) is 19.2 Å². The van der Waals surface area contributed by atoms with Gasteiger partial charge in [-0.15, -0.1) is 0 Å². The lowest BCUT2D eigenvalue weighted by Crippen LogP contribution is -2.59. The van der Waals surface area contributed by atoms with Crippen molar-refractivity contribution in [3.63, 3.8) is 0 Å². The maximum Gasteiger partial charge on any atom is 0.326 e. The number of aromatic hydroxyl groups is 1. The molecule has 0 aliphatic rings. The largest absolute Gasteiger partial charge is 0.508 e. The Morgan fingerprint density at radius 2 is 1.57 bits per heavy atom. The van der Waals surface area contributed by atoms with Crippen LogP contribution in [0.3, 0.4) is 0 Å². The summed E-state index contributed by atoms with van der Waals surface area (Å²) in [5.41, 5.74) is 11.9. The lowest BCUT2D eigenvalue weighted by molar-refractivity contribution is -0.142. The Bertz CT molecular complexity index is 944. The van der Waals surface area contributed by atoms with Crippen LogP contribution in [0, 0.1) is 5.92 Å². The summed E-state index contributed by atoms with van der Waals surface area (Å²) in [5.74, 6) is -4.13. The molecular formula is C24H37N5O7S. The maximum absolute atomic E-state index is 13.1. The molecule has 0 heterocycles. The van der Waals surface area contributed by atoms with Crippen LogP contribution in [0.2, 0.25) is 0 Å². The minimum Gasteiger partial charge on any atom is -0.508 e. The van der Waals surface area contributed by atoms with E-state index < -0.39 is 60.2 Å². The van der Waals surface area contributed by atoms with E-state index in [-0.39, 0.29) is 24.5 Å². The Kier molecular flexibility index (Phi) is 13.5. The fourth-order valence-corrected chi connectivity index (χ4v) is 3.85. The number of nitrogens with one attached hydrogen (secondary N) is 3. The fourth-order valence-electron chi connectivity index (χ4n) is 3.38. The van der Waals surface area contributed by atoms with Crippen LogP contribution in [0.1, 0.15) is 38.7 Å². The van der Waals surface area contributed by atoms with Gasteiger partial charge in [0.2, 0.25) is 23.6 Å². The standard InChI is InChI=1S/C24H37N5O7S/c1-4-13(2)20(23(34)27-17(24(35)36)9-10-37-3)29-22(33)18(12-19(26)31)28-21(32)16(25)11-14-5-7-15(30)8-6-14/h5-8,13,16-18,20,30H,4,9-12,25H2,1-3H3,(H2,26,31)(H,27,34)(H,28,32)(H,29,33)(H,35,36). The van der Waals surface area contributed by atoms with E-state index in [1.54, 1.807) is 26.0 Å². The van der Waals surface area contributed by atoms with E-state index in [9.17, 15) is 34.2 Å². The summed E-state index contributed by atoms with van der Waals surface area (Å²) in [4.78, 5) is 61.8. The number of benzene rings is 1. The third-order valence-corrected chi connectivity index (χ3v) is 6.43. The van der Waals surface area contributed by atoms with Crippen LogP contribution in [0.4, 0.5) is 0 Å². The van der Waals surface area contributed by atoms with Crippen LogP contribution in [0.15, 0.2) is 24.3 Å². The number of phenolic OH excluding ortho intramolecular Hbond substituents is 1. The van der Waals surface area contributed by atoms with Gasteiger partial charge >= 0.3 is 5.97 Å². The van der Waals surface area contributed by atoms with Crippen molar-refractivity contribution in [2.24, 2.45) is 17.4 Å². The third-order valence-electron chi connectivity index (χ3n) is 5.79. The predicted octanol–water partition coefficient (Wildman–Crippen LogP) is -0.524. The molecule has 4 amide bonds. The molecule has 1 rings (SSSR count). The molecule has 0 radical (unpaired) electrons. The number of rotatable bonds is 16. The molecule has 12 nitrogen and oxygen atoms in total. The van der Waals surface area contributed by atoms with Gasteiger partial charge in [0.05, 0.1) is 12.5 Å². The average molecular weight is 540 g/mol. The topological polar surface area (TPSA) is 214 Å². The summed E-state index contributed by atoms with van der Waals surface area (Å²) >= 11 is 1.43. The number of hydrogen-bond donors (Lipinski definition) is 7. The minimum absolute atomic E-state index is 0.0544. The number of thioether (sulfide) groups is 1. The molecule has 0 aliphatic carbocycles. The van der Waals surface area contributed by atoms with Crippen molar-refractivity contribution in [3.8, 4) is 5.75 Å². The number of aliphatic carboxylic acids is 1. The van der Waals surface area contributed by atoms with Crippen molar-refractivity contribution in [2.75, 3.05) is 12.0 Å². The van der Waals surface area contributed by atoms with Crippen molar-refractivity contribution in [1.82, 2.24) is 16.0 Å². The zero-order chi connectivity index (χ0) is 28.1. The second-order valence-electron chi connectivity index (χ2n) is 8.76. The van der Waals surface area contributed by atoms with Gasteiger partial charge in [-0.05, 0) is 48.5 Å². The summed E-state index contributed by atoms with van der Waals surface area (Å²) in [7, 11) is 0. The summed E-state index contributed by atoms with van der Waals surface area (Å²) in [6.07, 6.45) is 2.05. The highest BCUT2D eigenvalue weighted by molar-refractivity contribution is 7.98. The van der Waals surface area contributed by atoms with Gasteiger partial charge in [0.1, 0.15) is 23.9 Å². The van der Waals surface area contributed by atoms with E-state index in [2.05, 4.69) is 16.0 Å². The molecule has 37 heavy (non-hydrogen) atoms. The van der Waals surface area contributed by atoms with Crippen LogP contribution in [-0.4, -0.2) is 76.0 Å². The van der Waals surface area contributed by atoms with Gasteiger partial charge in [-0.1, -0.05) is 32.4 Å². The van der Waals surface area contributed by atoms with E-state index in [4.69, 9.17) is 11.5 Å². The van der Waals surface area contributed by atoms with Crippen LogP contribution < -0.4 is 27.4 Å². The number of carbonyl (C=O) groups is 5. The van der Waals surface area contributed by atoms with E-state index in [0.29, 0.717) is 17.7 Å². The first-order chi connectivity index (χ1) is 17.4. The Balaban J connectivity index is 2.98. The van der Waals surface area contributed by atoms with Crippen molar-refractivity contribution in [1.29, 1.82) is 0 Å². The van der Waals surface area contributed by atoms with Gasteiger partial charge in [0.25, 0.3) is 0 Å². The van der Waals surface area contributed by atoms with E-state index >= 15 is 0 Å². The zero-order valence-electron chi connectivity index (χ0n) is 21.2. The predicted molar refractivity (Wildman–Crippen MR) is 139 cm³/mol. The van der Waals surface area contributed by atoms with Crippen molar-refractivity contribution in [2.45, 2.75) is 63.7 Å². The normalized spacial score (nSPS) is 14.9. The number of amides is 4. The Morgan fingerprint density at radius 1 is 0.973 bits per heavy atom. The van der Waals surface area contributed by atoms with E-state index in [1.165, 1.54) is 23.9 Å². The Hall–Kier alpha value is -3.32. The smallest absolute Gasteiger partial charge is 0.326 e. The number of carboxylic acids is 1. The number of hydrogen-bond acceptors (Lipinski definition) is 8. The molecule has 0 spiro atoms. The number of nitrogens with two attached hydrogens (primary N) is 2. The van der Waals surface area contributed by atoms with Crippen molar-refractivity contribution < 1.29 is 34.2 Å². The van der Waals surface area contributed by atoms with Crippen LogP contribution in [0.25, 0.3) is 0 Å². The second-order valence-corrected chi connectivity index (χ2v) is 9.75.